The molecule has 0 aliphatic rings. The smallest absolute Gasteiger partial charge is 0.872 e. The minimum absolute atomic E-state index is 0. The summed E-state index contributed by atoms with van der Waals surface area (Å²) in [6.07, 6.45) is 2.23. The van der Waals surface area contributed by atoms with Crippen LogP contribution in [-0.4, -0.2) is 14.2 Å². The van der Waals surface area contributed by atoms with E-state index in [1.54, 1.807) is 38.5 Å². The molecule has 0 bridgehead atoms. The van der Waals surface area contributed by atoms with Crippen LogP contribution in [0.3, 0.4) is 0 Å². The molecule has 0 aliphatic heterocycles. The molecule has 0 spiro atoms. The zero-order valence-corrected chi connectivity index (χ0v) is 24.6. The number of aryl methyl sites for hydroxylation is 2. The van der Waals surface area contributed by atoms with Crippen LogP contribution in [0, 0.1) is 0 Å². The third-order valence-electron chi connectivity index (χ3n) is 6.18. The Kier molecular flexibility index (Phi) is 11.4. The molecule has 0 saturated carbocycles. The third-order valence-corrected chi connectivity index (χ3v) is 6.18. The van der Waals surface area contributed by atoms with E-state index >= 15 is 0 Å². The summed E-state index contributed by atoms with van der Waals surface area (Å²) in [5.41, 5.74) is 2.88. The van der Waals surface area contributed by atoms with Crippen LogP contribution in [0.4, 0.5) is 0 Å². The first-order valence-corrected chi connectivity index (χ1v) is 12.4. The summed E-state index contributed by atoms with van der Waals surface area (Å²) in [5, 5.41) is 26.4. The maximum absolute atomic E-state index is 10.5. The van der Waals surface area contributed by atoms with Gasteiger partial charge >= 0.3 is 26.2 Å². The molecular formula is C34H30O4Zr. The predicted octanol–water partition coefficient (Wildman–Crippen LogP) is 6.75. The van der Waals surface area contributed by atoms with Gasteiger partial charge in [0.2, 0.25) is 0 Å². The molecule has 6 aromatic carbocycles. The Bertz CT molecular complexity index is 1360. The molecule has 6 rings (SSSR count). The molecule has 39 heavy (non-hydrogen) atoms. The average Bonchev–Trinajstić information content (AvgIpc) is 3.57. The zero-order chi connectivity index (χ0) is 26.7. The SMILES string of the molecule is COc1ccc([O-])cc1.COc1ccc([O-])cc1.[Zr+4].c1ccc2[cH-]c(CCc3cc4ccccc4[cH-]3)cc2c1. The minimum Gasteiger partial charge on any atom is -0.872 e. The molecule has 6 aromatic rings. The van der Waals surface area contributed by atoms with Crippen LogP contribution in [0.5, 0.6) is 23.0 Å². The van der Waals surface area contributed by atoms with E-state index in [2.05, 4.69) is 72.8 Å². The maximum Gasteiger partial charge on any atom is 4.00 e. The van der Waals surface area contributed by atoms with Crippen LogP contribution in [0.2, 0.25) is 0 Å². The van der Waals surface area contributed by atoms with Crippen molar-refractivity contribution < 1.29 is 45.9 Å². The fourth-order valence-electron chi connectivity index (χ4n) is 4.16. The van der Waals surface area contributed by atoms with Gasteiger partial charge in [0.1, 0.15) is 11.5 Å². The summed E-state index contributed by atoms with van der Waals surface area (Å²) >= 11 is 0. The fraction of sp³-hybridized carbons (Fsp3) is 0.118. The van der Waals surface area contributed by atoms with E-state index in [0.29, 0.717) is 0 Å². The van der Waals surface area contributed by atoms with Crippen molar-refractivity contribution in [1.82, 2.24) is 0 Å². The van der Waals surface area contributed by atoms with E-state index in [1.165, 1.54) is 56.9 Å². The molecule has 0 saturated heterocycles. The van der Waals surface area contributed by atoms with Crippen molar-refractivity contribution in [3.63, 3.8) is 0 Å². The van der Waals surface area contributed by atoms with Crippen LogP contribution in [0.25, 0.3) is 21.5 Å². The molecule has 0 aromatic heterocycles. The van der Waals surface area contributed by atoms with Gasteiger partial charge in [0.05, 0.1) is 14.2 Å². The average molecular weight is 594 g/mol. The van der Waals surface area contributed by atoms with Gasteiger partial charge in [-0.2, -0.15) is 12.1 Å². The quantitative estimate of drug-likeness (QED) is 0.208. The first kappa shape index (κ1) is 29.7. The van der Waals surface area contributed by atoms with Crippen molar-refractivity contribution in [1.29, 1.82) is 0 Å². The number of hydrogen-bond donors (Lipinski definition) is 0. The molecule has 0 heterocycles. The Morgan fingerprint density at radius 3 is 1.23 bits per heavy atom. The number of ether oxygens (including phenoxy) is 2. The largest absolute Gasteiger partial charge is 4.00 e. The topological polar surface area (TPSA) is 64.6 Å². The predicted molar refractivity (Wildman–Crippen MR) is 151 cm³/mol. The van der Waals surface area contributed by atoms with Gasteiger partial charge in [-0.15, -0.1) is 92.7 Å². The van der Waals surface area contributed by atoms with Crippen LogP contribution in [0.15, 0.2) is 121 Å². The molecule has 0 atom stereocenters. The van der Waals surface area contributed by atoms with Crippen molar-refractivity contribution in [2.75, 3.05) is 14.2 Å². The van der Waals surface area contributed by atoms with Crippen molar-refractivity contribution in [2.24, 2.45) is 0 Å². The van der Waals surface area contributed by atoms with E-state index in [1.807, 2.05) is 0 Å². The Hall–Kier alpha value is -3.82. The molecule has 0 radical (unpaired) electrons. The number of methoxy groups -OCH3 is 2. The number of hydrogen-bond acceptors (Lipinski definition) is 4. The molecule has 5 heteroatoms. The van der Waals surface area contributed by atoms with E-state index in [-0.39, 0.29) is 37.7 Å². The normalized spacial score (nSPS) is 10.0. The van der Waals surface area contributed by atoms with Gasteiger partial charge < -0.3 is 19.7 Å². The van der Waals surface area contributed by atoms with Gasteiger partial charge in [-0.05, 0) is 37.1 Å². The summed E-state index contributed by atoms with van der Waals surface area (Å²) in [5.74, 6) is 1.45. The molecule has 0 fully saturated rings. The molecular weight excluding hydrogens is 564 g/mol. The van der Waals surface area contributed by atoms with Crippen LogP contribution < -0.4 is 19.7 Å². The summed E-state index contributed by atoms with van der Waals surface area (Å²) in [6.45, 7) is 0. The number of benzene rings is 4. The van der Waals surface area contributed by atoms with Crippen LogP contribution in [-0.2, 0) is 39.0 Å². The summed E-state index contributed by atoms with van der Waals surface area (Å²) in [6, 6.07) is 38.9. The molecule has 4 nitrogen and oxygen atoms in total. The van der Waals surface area contributed by atoms with Crippen molar-refractivity contribution in [3.8, 4) is 23.0 Å². The van der Waals surface area contributed by atoms with Gasteiger partial charge in [-0.3, -0.25) is 0 Å². The second kappa shape index (κ2) is 14.9. The Labute approximate surface area is 248 Å². The Morgan fingerprint density at radius 2 is 0.897 bits per heavy atom. The van der Waals surface area contributed by atoms with Crippen molar-refractivity contribution in [3.05, 3.63) is 132 Å². The van der Waals surface area contributed by atoms with E-state index in [0.717, 1.165) is 24.3 Å². The Morgan fingerprint density at radius 1 is 0.538 bits per heavy atom. The fourth-order valence-corrected chi connectivity index (χ4v) is 4.16. The third kappa shape index (κ3) is 8.87. The second-order valence-corrected chi connectivity index (χ2v) is 8.84. The molecule has 0 aliphatic carbocycles. The van der Waals surface area contributed by atoms with E-state index in [4.69, 9.17) is 9.47 Å². The number of fused-ring (bicyclic) bond motifs is 2. The van der Waals surface area contributed by atoms with Gasteiger partial charge in [-0.1, -0.05) is 36.4 Å². The molecule has 194 valence electrons. The van der Waals surface area contributed by atoms with Crippen LogP contribution >= 0.6 is 0 Å². The van der Waals surface area contributed by atoms with Crippen LogP contribution in [0.1, 0.15) is 11.1 Å². The van der Waals surface area contributed by atoms with Gasteiger partial charge in [0.15, 0.2) is 0 Å². The molecule has 0 N–H and O–H groups in total. The first-order valence-electron chi connectivity index (χ1n) is 12.4. The second-order valence-electron chi connectivity index (χ2n) is 8.84. The molecule has 0 amide bonds. The van der Waals surface area contributed by atoms with Crippen molar-refractivity contribution >= 4 is 21.5 Å². The summed E-state index contributed by atoms with van der Waals surface area (Å²) in [4.78, 5) is 0. The maximum atomic E-state index is 10.5. The van der Waals surface area contributed by atoms with Crippen molar-refractivity contribution in [2.45, 2.75) is 12.8 Å². The van der Waals surface area contributed by atoms with Gasteiger partial charge in [0, 0.05) is 0 Å². The summed E-state index contributed by atoms with van der Waals surface area (Å²) < 4.78 is 9.66. The zero-order valence-electron chi connectivity index (χ0n) is 22.1. The van der Waals surface area contributed by atoms with E-state index in [9.17, 15) is 10.2 Å². The van der Waals surface area contributed by atoms with E-state index < -0.39 is 0 Å². The number of rotatable bonds is 5. The summed E-state index contributed by atoms with van der Waals surface area (Å²) in [7, 11) is 3.14. The monoisotopic (exact) mass is 592 g/mol. The van der Waals surface area contributed by atoms with Gasteiger partial charge in [-0.25, -0.2) is 0 Å². The first-order chi connectivity index (χ1) is 18.5. The minimum atomic E-state index is 0. The molecule has 0 unspecified atom stereocenters. The Balaban J connectivity index is 0.000000186. The van der Waals surface area contributed by atoms with Gasteiger partial charge in [0.25, 0.3) is 0 Å². The standard InChI is InChI=1S/C20H16.2C7H8O2.Zr/c1-2-6-18-12-15(11-17(18)5-1)9-10-16-13-19-7-3-4-8-20(19)14-16;2*1-9-7-4-2-6(8)3-5-7;/h1-8,11-14H,9-10H2;2*2-5,8H,1H3;/q-2;;;+4/p-2.